The van der Waals surface area contributed by atoms with Crippen LogP contribution in [0.2, 0.25) is 0 Å². The van der Waals surface area contributed by atoms with Gasteiger partial charge in [0.05, 0.1) is 11.4 Å². The number of rotatable bonds is 10. The van der Waals surface area contributed by atoms with Gasteiger partial charge in [0.25, 0.3) is 0 Å². The maximum Gasteiger partial charge on any atom is 0.155 e. The summed E-state index contributed by atoms with van der Waals surface area (Å²) in [5.74, 6) is 1.17. The van der Waals surface area contributed by atoms with E-state index in [4.69, 9.17) is 9.98 Å². The van der Waals surface area contributed by atoms with Gasteiger partial charge in [-0.05, 0) is 51.6 Å². The lowest BCUT2D eigenvalue weighted by Gasteiger charge is -2.27. The predicted octanol–water partition coefficient (Wildman–Crippen LogP) is 5.22. The molecule has 0 aromatic heterocycles. The average molecular weight is 453 g/mol. The molecule has 33 heavy (non-hydrogen) atoms. The van der Waals surface area contributed by atoms with Crippen molar-refractivity contribution in [1.29, 1.82) is 0 Å². The topological polar surface area (TPSA) is 55.6 Å². The van der Waals surface area contributed by atoms with Crippen molar-refractivity contribution in [3.63, 3.8) is 0 Å². The number of nitrogens with one attached hydrogen (secondary N) is 1. The first-order valence-electron chi connectivity index (χ1n) is 11.4. The number of allylic oxidation sites excluding steroid dienone is 3. The summed E-state index contributed by atoms with van der Waals surface area (Å²) in [7, 11) is 5.85. The molecule has 6 nitrogen and oxygen atoms in total. The van der Waals surface area contributed by atoms with E-state index in [0.717, 1.165) is 47.6 Å². The Kier molecular flexibility index (Phi) is 10.2. The smallest absolute Gasteiger partial charge is 0.155 e. The highest BCUT2D eigenvalue weighted by Crippen LogP contribution is 2.29. The number of hydrogen-bond donors (Lipinski definition) is 1. The zero-order valence-corrected chi connectivity index (χ0v) is 20.7. The number of aryl methyl sites for hydroxylation is 1. The van der Waals surface area contributed by atoms with Gasteiger partial charge in [0.2, 0.25) is 0 Å². The van der Waals surface area contributed by atoms with Crippen molar-refractivity contribution in [2.75, 3.05) is 34.2 Å². The first kappa shape index (κ1) is 26.2. The van der Waals surface area contributed by atoms with Gasteiger partial charge in [-0.25, -0.2) is 14.4 Å². The first-order valence-corrected chi connectivity index (χ1v) is 11.4. The van der Waals surface area contributed by atoms with Crippen LogP contribution in [0.25, 0.3) is 0 Å². The van der Waals surface area contributed by atoms with E-state index in [2.05, 4.69) is 35.4 Å². The number of likely N-dealkylation sites (N-methyl/N-ethyl adjacent to an activating group) is 1. The number of amidine groups is 1. The van der Waals surface area contributed by atoms with Crippen LogP contribution in [0, 0.1) is 12.7 Å². The Morgan fingerprint density at radius 3 is 2.64 bits per heavy atom. The molecule has 2 rings (SSSR count). The molecule has 1 heterocycles. The molecular formula is C26H37FN6. The zero-order valence-electron chi connectivity index (χ0n) is 20.7. The Balaban J connectivity index is 2.71. The number of para-hydroxylation sites is 1. The van der Waals surface area contributed by atoms with Crippen LogP contribution in [0.4, 0.5) is 10.1 Å². The van der Waals surface area contributed by atoms with E-state index in [9.17, 15) is 4.39 Å². The zero-order chi connectivity index (χ0) is 24.4. The normalized spacial score (nSPS) is 16.8. The molecule has 0 saturated carbocycles. The molecule has 0 fully saturated rings. The fourth-order valence-corrected chi connectivity index (χ4v) is 3.68. The van der Waals surface area contributed by atoms with Crippen molar-refractivity contribution >= 4 is 24.0 Å². The maximum absolute atomic E-state index is 14.6. The Morgan fingerprint density at radius 2 is 2.06 bits per heavy atom. The van der Waals surface area contributed by atoms with Gasteiger partial charge in [0.1, 0.15) is 17.3 Å². The van der Waals surface area contributed by atoms with Crippen molar-refractivity contribution in [2.24, 2.45) is 15.0 Å². The van der Waals surface area contributed by atoms with Crippen molar-refractivity contribution in [3.05, 3.63) is 65.5 Å². The van der Waals surface area contributed by atoms with Crippen LogP contribution < -0.4 is 5.32 Å². The highest BCUT2D eigenvalue weighted by atomic mass is 19.1. The highest BCUT2D eigenvalue weighted by molar-refractivity contribution is 6.03. The van der Waals surface area contributed by atoms with Crippen molar-refractivity contribution in [3.8, 4) is 0 Å². The fourth-order valence-electron chi connectivity index (χ4n) is 3.68. The average Bonchev–Trinajstić information content (AvgIpc) is 2.95. The highest BCUT2D eigenvalue weighted by Gasteiger charge is 2.24. The monoisotopic (exact) mass is 452 g/mol. The molecule has 0 amide bonds. The van der Waals surface area contributed by atoms with Crippen LogP contribution in [0.1, 0.15) is 38.2 Å². The summed E-state index contributed by atoms with van der Waals surface area (Å²) in [6, 6.07) is 5.03. The quantitative estimate of drug-likeness (QED) is 0.391. The van der Waals surface area contributed by atoms with Crippen molar-refractivity contribution in [1.82, 2.24) is 15.1 Å². The molecule has 0 aliphatic carbocycles. The second-order valence-electron chi connectivity index (χ2n) is 8.13. The molecule has 7 heteroatoms. The van der Waals surface area contributed by atoms with Gasteiger partial charge in [-0.15, -0.1) is 0 Å². The minimum Gasteiger partial charge on any atom is -0.383 e. The van der Waals surface area contributed by atoms with E-state index < -0.39 is 0 Å². The lowest BCUT2D eigenvalue weighted by Crippen LogP contribution is -2.35. The molecule has 1 aliphatic heterocycles. The Hall–Kier alpha value is -3.06. The van der Waals surface area contributed by atoms with Crippen LogP contribution in [0.3, 0.4) is 0 Å². The third-order valence-electron chi connectivity index (χ3n) is 5.37. The summed E-state index contributed by atoms with van der Waals surface area (Å²) in [6.45, 7) is 13.1. The lowest BCUT2D eigenvalue weighted by atomic mass is 10.1. The van der Waals surface area contributed by atoms with Gasteiger partial charge >= 0.3 is 0 Å². The molecule has 0 saturated heterocycles. The molecule has 1 N–H and O–H groups in total. The van der Waals surface area contributed by atoms with Crippen molar-refractivity contribution in [2.45, 2.75) is 39.5 Å². The molecule has 0 atom stereocenters. The van der Waals surface area contributed by atoms with E-state index in [-0.39, 0.29) is 5.82 Å². The molecular weight excluding hydrogens is 415 g/mol. The second-order valence-corrected chi connectivity index (χ2v) is 8.13. The van der Waals surface area contributed by atoms with Crippen LogP contribution >= 0.6 is 0 Å². The summed E-state index contributed by atoms with van der Waals surface area (Å²) in [5.41, 5.74) is 3.83. The van der Waals surface area contributed by atoms with E-state index in [1.807, 2.05) is 51.3 Å². The largest absolute Gasteiger partial charge is 0.383 e. The van der Waals surface area contributed by atoms with Gasteiger partial charge in [-0.3, -0.25) is 4.99 Å². The third kappa shape index (κ3) is 6.96. The van der Waals surface area contributed by atoms with Crippen LogP contribution in [-0.4, -0.2) is 62.3 Å². The van der Waals surface area contributed by atoms with Gasteiger partial charge < -0.3 is 15.1 Å². The summed E-state index contributed by atoms with van der Waals surface area (Å²) in [4.78, 5) is 18.3. The van der Waals surface area contributed by atoms with E-state index in [1.54, 1.807) is 6.07 Å². The number of nitrogens with zero attached hydrogens (tertiary/aromatic N) is 5. The number of benzene rings is 1. The van der Waals surface area contributed by atoms with E-state index in [0.29, 0.717) is 31.0 Å². The van der Waals surface area contributed by atoms with Gasteiger partial charge in [-0.1, -0.05) is 31.7 Å². The minimum atomic E-state index is -0.325. The molecule has 1 aliphatic rings. The van der Waals surface area contributed by atoms with E-state index >= 15 is 0 Å². The van der Waals surface area contributed by atoms with E-state index in [1.165, 1.54) is 6.07 Å². The van der Waals surface area contributed by atoms with Gasteiger partial charge in [0.15, 0.2) is 5.82 Å². The van der Waals surface area contributed by atoms with Gasteiger partial charge in [-0.2, -0.15) is 0 Å². The third-order valence-corrected chi connectivity index (χ3v) is 5.37. The standard InChI is InChI=1S/C26H37FN6/c1-8-20(18-32(6)7)22(9-2)30-26-23(29-5)14-11-15-24(33(26)17-16-28-4)31-25-19(3)12-10-13-21(25)27/h8,10,12-13,18,28H,1,5,9,11,14-17H2,2-4,6-7H3/b20-18+,30-22+,31-24+. The minimum absolute atomic E-state index is 0.325. The van der Waals surface area contributed by atoms with Crippen molar-refractivity contribution < 1.29 is 4.39 Å². The fraction of sp³-hybridized carbons (Fsp3) is 0.423. The SMILES string of the molecule is C=CC(=C\N(C)C)/C(CC)=N/C1=C(N=C)CCC/C(=N\c2c(C)cccc2F)N1CCNC. The molecule has 0 radical (unpaired) electrons. The van der Waals surface area contributed by atoms with Crippen LogP contribution in [0.5, 0.6) is 0 Å². The number of hydrogen-bond acceptors (Lipinski definition) is 5. The summed E-state index contributed by atoms with van der Waals surface area (Å²) < 4.78 is 14.6. The molecule has 178 valence electrons. The Bertz CT molecular complexity index is 951. The summed E-state index contributed by atoms with van der Waals surface area (Å²) in [5, 5.41) is 3.20. The number of halogens is 1. The predicted molar refractivity (Wildman–Crippen MR) is 139 cm³/mol. The Labute approximate surface area is 198 Å². The lowest BCUT2D eigenvalue weighted by molar-refractivity contribution is 0.486. The summed E-state index contributed by atoms with van der Waals surface area (Å²) in [6.07, 6.45) is 6.79. The molecule has 0 spiro atoms. The number of aliphatic imine (C=N–C) groups is 3. The maximum atomic E-state index is 14.6. The molecule has 0 unspecified atom stereocenters. The first-order chi connectivity index (χ1) is 15.9. The second kappa shape index (κ2) is 12.8. The molecule has 1 aromatic rings. The van der Waals surface area contributed by atoms with Gasteiger partial charge in [0, 0.05) is 45.4 Å². The van der Waals surface area contributed by atoms with Crippen LogP contribution in [-0.2, 0) is 0 Å². The molecule has 0 bridgehead atoms. The summed E-state index contributed by atoms with van der Waals surface area (Å²) >= 11 is 0. The molecule has 1 aromatic carbocycles. The Morgan fingerprint density at radius 1 is 1.30 bits per heavy atom. The van der Waals surface area contributed by atoms with Crippen LogP contribution in [0.15, 0.2) is 69.1 Å².